The van der Waals surface area contributed by atoms with Gasteiger partial charge in [-0.05, 0) is 17.8 Å². The molecule has 0 nitrogen and oxygen atoms in total. The molecule has 0 N–H and O–H groups in total. The van der Waals surface area contributed by atoms with Crippen molar-refractivity contribution in [3.63, 3.8) is 0 Å². The van der Waals surface area contributed by atoms with Crippen molar-refractivity contribution in [1.82, 2.24) is 0 Å². The van der Waals surface area contributed by atoms with Crippen molar-refractivity contribution >= 4 is 23.2 Å². The Morgan fingerprint density at radius 1 is 1.42 bits per heavy atom. The zero-order valence-electron chi connectivity index (χ0n) is 8.40. The molecule has 2 atom stereocenters. The van der Waals surface area contributed by atoms with Gasteiger partial charge >= 0.3 is 0 Å². The molecular weight excluding hydrogens is 191 g/mol. The number of alkyl halides is 1. The second-order valence-corrected chi connectivity index (χ2v) is 4.85. The number of rotatable bonds is 5. The molecule has 0 aromatic carbocycles. The van der Waals surface area contributed by atoms with E-state index >= 15 is 0 Å². The van der Waals surface area contributed by atoms with Crippen LogP contribution >= 0.6 is 23.2 Å². The molecule has 0 heterocycles. The van der Waals surface area contributed by atoms with Crippen molar-refractivity contribution in [2.45, 2.75) is 45.9 Å². The van der Waals surface area contributed by atoms with Gasteiger partial charge in [0, 0.05) is 0 Å². The summed E-state index contributed by atoms with van der Waals surface area (Å²) in [7, 11) is 0. The molecule has 0 aliphatic rings. The Morgan fingerprint density at radius 2 is 1.92 bits per heavy atom. The summed E-state index contributed by atoms with van der Waals surface area (Å²) in [5.41, 5.74) is 0.284. The highest BCUT2D eigenvalue weighted by molar-refractivity contribution is 6.32. The molecule has 0 fully saturated rings. The molecule has 12 heavy (non-hydrogen) atoms. The number of hydrogen-bond donors (Lipinski definition) is 0. The summed E-state index contributed by atoms with van der Waals surface area (Å²) in [6.45, 7) is 8.85. The lowest BCUT2D eigenvalue weighted by Crippen LogP contribution is -2.28. The third kappa shape index (κ3) is 3.53. The summed E-state index contributed by atoms with van der Waals surface area (Å²) in [5, 5.41) is -0.0202. The van der Waals surface area contributed by atoms with E-state index in [9.17, 15) is 0 Å². The van der Waals surface area contributed by atoms with E-state index in [-0.39, 0.29) is 10.8 Å². The smallest absolute Gasteiger partial charge is 0.0680 e. The summed E-state index contributed by atoms with van der Waals surface area (Å²) >= 11 is 11.6. The minimum atomic E-state index is -0.0202. The summed E-state index contributed by atoms with van der Waals surface area (Å²) in [5.74, 6) is 1.99. The number of halogens is 2. The van der Waals surface area contributed by atoms with Crippen molar-refractivity contribution < 1.29 is 0 Å². The molecular formula is C10H19Cl2. The monoisotopic (exact) mass is 209 g/mol. The fourth-order valence-electron chi connectivity index (χ4n) is 1.41. The molecule has 0 spiro atoms. The molecule has 0 aliphatic heterocycles. The molecule has 2 unspecified atom stereocenters. The van der Waals surface area contributed by atoms with Crippen LogP contribution in [0.5, 0.6) is 0 Å². The normalized spacial score (nSPS) is 17.5. The third-order valence-electron chi connectivity index (χ3n) is 2.73. The fourth-order valence-corrected chi connectivity index (χ4v) is 1.97. The first-order valence-corrected chi connectivity index (χ1v) is 5.40. The van der Waals surface area contributed by atoms with E-state index in [4.69, 9.17) is 23.2 Å². The van der Waals surface area contributed by atoms with Gasteiger partial charge in [0.2, 0.25) is 0 Å². The van der Waals surface area contributed by atoms with Crippen LogP contribution in [0.4, 0.5) is 0 Å². The molecule has 0 saturated heterocycles. The molecule has 0 bridgehead atoms. The van der Waals surface area contributed by atoms with Gasteiger partial charge in [0.1, 0.15) is 0 Å². The lowest BCUT2D eigenvalue weighted by molar-refractivity contribution is 0.212. The van der Waals surface area contributed by atoms with Gasteiger partial charge in [-0.15, -0.1) is 23.2 Å². The average molecular weight is 210 g/mol. The van der Waals surface area contributed by atoms with Crippen molar-refractivity contribution in [2.24, 2.45) is 11.3 Å². The molecule has 0 saturated carbocycles. The maximum Gasteiger partial charge on any atom is 0.0680 e. The maximum atomic E-state index is 6.05. The van der Waals surface area contributed by atoms with Crippen LogP contribution in [0, 0.1) is 17.2 Å². The van der Waals surface area contributed by atoms with E-state index in [0.717, 1.165) is 0 Å². The van der Waals surface area contributed by atoms with Gasteiger partial charge in [-0.3, -0.25) is 0 Å². The van der Waals surface area contributed by atoms with E-state index in [2.05, 4.69) is 27.7 Å². The summed E-state index contributed by atoms with van der Waals surface area (Å²) in [6.07, 6.45) is 2.39. The van der Waals surface area contributed by atoms with Crippen LogP contribution in [-0.4, -0.2) is 5.38 Å². The largest absolute Gasteiger partial charge is 0.121 e. The van der Waals surface area contributed by atoms with Crippen LogP contribution in [0.3, 0.4) is 0 Å². The quantitative estimate of drug-likeness (QED) is 0.588. The van der Waals surface area contributed by atoms with E-state index in [0.29, 0.717) is 5.92 Å². The van der Waals surface area contributed by atoms with Crippen LogP contribution in [-0.2, 0) is 0 Å². The Balaban J connectivity index is 4.13. The molecule has 0 rings (SSSR count). The van der Waals surface area contributed by atoms with Crippen molar-refractivity contribution in [3.8, 4) is 0 Å². The van der Waals surface area contributed by atoms with Crippen LogP contribution in [0.2, 0.25) is 0 Å². The van der Waals surface area contributed by atoms with E-state index in [1.807, 2.05) is 0 Å². The molecule has 73 valence electrons. The molecule has 0 aromatic rings. The van der Waals surface area contributed by atoms with Crippen molar-refractivity contribution in [2.75, 3.05) is 0 Å². The summed E-state index contributed by atoms with van der Waals surface area (Å²) < 4.78 is 0. The van der Waals surface area contributed by atoms with E-state index < -0.39 is 0 Å². The average Bonchev–Trinajstić information content (AvgIpc) is 2.01. The van der Waals surface area contributed by atoms with E-state index in [1.54, 1.807) is 5.88 Å². The third-order valence-corrected chi connectivity index (χ3v) is 3.63. The van der Waals surface area contributed by atoms with Crippen LogP contribution in [0.1, 0.15) is 40.5 Å². The highest BCUT2D eigenvalue weighted by atomic mass is 35.5. The minimum Gasteiger partial charge on any atom is -0.121 e. The minimum absolute atomic E-state index is 0.0202. The predicted octanol–water partition coefficient (Wildman–Crippen LogP) is 4.46. The zero-order valence-corrected chi connectivity index (χ0v) is 9.91. The Kier molecular flexibility index (Phi) is 5.60. The molecule has 2 heteroatoms. The standard InChI is InChI=1S/C10H19Cl2/c1-5-6-10(3,4)8(2)9(12)7-11/h7-9H,5-6H2,1-4H3. The molecule has 0 aliphatic carbocycles. The first-order valence-electron chi connectivity index (χ1n) is 4.53. The van der Waals surface area contributed by atoms with Gasteiger partial charge in [0.25, 0.3) is 0 Å². The lowest BCUT2D eigenvalue weighted by Gasteiger charge is -2.33. The maximum absolute atomic E-state index is 6.05. The Bertz CT molecular complexity index is 121. The second-order valence-electron chi connectivity index (χ2n) is 4.10. The van der Waals surface area contributed by atoms with Gasteiger partial charge in [0.15, 0.2) is 0 Å². The molecule has 0 aromatic heterocycles. The Morgan fingerprint density at radius 3 is 2.25 bits per heavy atom. The summed E-state index contributed by atoms with van der Waals surface area (Å²) in [6, 6.07) is 0. The molecule has 1 radical (unpaired) electrons. The Hall–Kier alpha value is 0.580. The topological polar surface area (TPSA) is 0 Å². The highest BCUT2D eigenvalue weighted by Crippen LogP contribution is 2.37. The van der Waals surface area contributed by atoms with Crippen LogP contribution < -0.4 is 0 Å². The predicted molar refractivity (Wildman–Crippen MR) is 57.6 cm³/mol. The highest BCUT2D eigenvalue weighted by Gasteiger charge is 2.29. The Labute approximate surface area is 86.6 Å². The zero-order chi connectivity index (χ0) is 9.78. The van der Waals surface area contributed by atoms with Gasteiger partial charge in [-0.1, -0.05) is 34.1 Å². The van der Waals surface area contributed by atoms with Gasteiger partial charge < -0.3 is 0 Å². The lowest BCUT2D eigenvalue weighted by atomic mass is 9.75. The summed E-state index contributed by atoms with van der Waals surface area (Å²) in [4.78, 5) is 0. The molecule has 0 amide bonds. The van der Waals surface area contributed by atoms with Gasteiger partial charge in [0.05, 0.1) is 11.3 Å². The van der Waals surface area contributed by atoms with E-state index in [1.165, 1.54) is 12.8 Å². The van der Waals surface area contributed by atoms with Gasteiger partial charge in [-0.25, -0.2) is 0 Å². The van der Waals surface area contributed by atoms with Crippen LogP contribution in [0.15, 0.2) is 0 Å². The van der Waals surface area contributed by atoms with Crippen LogP contribution in [0.25, 0.3) is 0 Å². The second kappa shape index (κ2) is 5.34. The first-order chi connectivity index (χ1) is 5.45. The number of hydrogen-bond acceptors (Lipinski definition) is 0. The fraction of sp³-hybridized carbons (Fsp3) is 0.900. The first kappa shape index (κ1) is 12.6. The van der Waals surface area contributed by atoms with Crippen molar-refractivity contribution in [1.29, 1.82) is 0 Å². The SMILES string of the molecule is CCCC(C)(C)C(C)C(Cl)[CH]Cl. The van der Waals surface area contributed by atoms with Crippen molar-refractivity contribution in [3.05, 3.63) is 5.88 Å². The van der Waals surface area contributed by atoms with Gasteiger partial charge in [-0.2, -0.15) is 0 Å².